The summed E-state index contributed by atoms with van der Waals surface area (Å²) in [4.78, 5) is 25.2. The van der Waals surface area contributed by atoms with Gasteiger partial charge >= 0.3 is 5.97 Å². The summed E-state index contributed by atoms with van der Waals surface area (Å²) in [5, 5.41) is 9.69. The van der Waals surface area contributed by atoms with Crippen molar-refractivity contribution < 1.29 is 19.4 Å². The van der Waals surface area contributed by atoms with Crippen LogP contribution in [0.15, 0.2) is 6.20 Å². The Balaban J connectivity index is 1.88. The Morgan fingerprint density at radius 2 is 2.07 bits per heavy atom. The van der Waals surface area contributed by atoms with Crippen molar-refractivity contribution in [2.75, 3.05) is 56.3 Å². The topological polar surface area (TPSA) is 88.0 Å². The van der Waals surface area contributed by atoms with Gasteiger partial charge in [0.2, 0.25) is 5.95 Å². The van der Waals surface area contributed by atoms with Crippen LogP contribution in [0.25, 0.3) is 0 Å². The molecule has 0 unspecified atom stereocenters. The molecule has 1 atom stereocenters. The number of hydrogen-bond donors (Lipinski definition) is 1. The lowest BCUT2D eigenvalue weighted by Crippen LogP contribution is -2.40. The standard InChI is InChI=1S/C19H30N4O4/c1-19(2,17(24)25)15-12-20-18(21-16(15)23-7-10-26-11-8-23)22(3)13-14-6-4-5-9-27-14/h12,14H,4-11,13H2,1-3H3,(H,24,25)/t14-/m0/s1. The number of aromatic nitrogens is 2. The number of anilines is 2. The molecule has 0 radical (unpaired) electrons. The van der Waals surface area contributed by atoms with Gasteiger partial charge in [-0.3, -0.25) is 4.79 Å². The molecular formula is C19H30N4O4. The summed E-state index contributed by atoms with van der Waals surface area (Å²) in [6.45, 7) is 7.52. The molecule has 1 aromatic heterocycles. The van der Waals surface area contributed by atoms with Crippen LogP contribution >= 0.6 is 0 Å². The van der Waals surface area contributed by atoms with Crippen molar-refractivity contribution in [1.82, 2.24) is 9.97 Å². The van der Waals surface area contributed by atoms with E-state index in [1.54, 1.807) is 20.0 Å². The Kier molecular flexibility index (Phi) is 6.16. The average molecular weight is 378 g/mol. The molecule has 2 fully saturated rings. The van der Waals surface area contributed by atoms with Gasteiger partial charge in [-0.15, -0.1) is 0 Å². The fourth-order valence-corrected chi connectivity index (χ4v) is 3.46. The fourth-order valence-electron chi connectivity index (χ4n) is 3.46. The van der Waals surface area contributed by atoms with Crippen LogP contribution in [0.3, 0.4) is 0 Å². The maximum Gasteiger partial charge on any atom is 0.313 e. The van der Waals surface area contributed by atoms with Gasteiger partial charge in [0.25, 0.3) is 0 Å². The highest BCUT2D eigenvalue weighted by atomic mass is 16.5. The number of carboxylic acid groups (broad SMARTS) is 1. The van der Waals surface area contributed by atoms with Gasteiger partial charge in [0.15, 0.2) is 0 Å². The summed E-state index contributed by atoms with van der Waals surface area (Å²) in [5.41, 5.74) is -0.444. The molecule has 1 aromatic rings. The number of nitrogens with zero attached hydrogens (tertiary/aromatic N) is 4. The van der Waals surface area contributed by atoms with E-state index >= 15 is 0 Å². The molecule has 0 saturated carbocycles. The molecule has 2 saturated heterocycles. The lowest BCUT2D eigenvalue weighted by atomic mass is 9.85. The van der Waals surface area contributed by atoms with Crippen molar-refractivity contribution in [3.63, 3.8) is 0 Å². The first-order valence-corrected chi connectivity index (χ1v) is 9.66. The molecule has 2 aliphatic heterocycles. The summed E-state index contributed by atoms with van der Waals surface area (Å²) >= 11 is 0. The zero-order chi connectivity index (χ0) is 19.4. The lowest BCUT2D eigenvalue weighted by molar-refractivity contribution is -0.142. The Bertz CT molecular complexity index is 655. The fraction of sp³-hybridized carbons (Fsp3) is 0.737. The van der Waals surface area contributed by atoms with Crippen molar-refractivity contribution in [2.24, 2.45) is 0 Å². The van der Waals surface area contributed by atoms with Gasteiger partial charge in [-0.2, -0.15) is 4.98 Å². The summed E-state index contributed by atoms with van der Waals surface area (Å²) in [6.07, 6.45) is 5.21. The van der Waals surface area contributed by atoms with Crippen molar-refractivity contribution >= 4 is 17.7 Å². The number of rotatable bonds is 6. The first-order valence-electron chi connectivity index (χ1n) is 9.66. The van der Waals surface area contributed by atoms with Gasteiger partial charge in [-0.1, -0.05) is 0 Å². The molecule has 8 nitrogen and oxygen atoms in total. The molecule has 27 heavy (non-hydrogen) atoms. The van der Waals surface area contributed by atoms with E-state index in [9.17, 15) is 9.90 Å². The SMILES string of the molecule is CN(C[C@@H]1CCCCO1)c1ncc(C(C)(C)C(=O)O)c(N2CCOCC2)n1. The summed E-state index contributed by atoms with van der Waals surface area (Å²) in [7, 11) is 1.96. The number of likely N-dealkylation sites (N-methyl/N-ethyl adjacent to an activating group) is 1. The molecule has 0 spiro atoms. The van der Waals surface area contributed by atoms with E-state index in [1.165, 1.54) is 6.42 Å². The van der Waals surface area contributed by atoms with Crippen LogP contribution in [-0.4, -0.2) is 73.7 Å². The number of ether oxygens (including phenoxy) is 2. The Morgan fingerprint density at radius 1 is 1.33 bits per heavy atom. The molecule has 3 heterocycles. The van der Waals surface area contributed by atoms with Crippen LogP contribution in [0.5, 0.6) is 0 Å². The number of morpholine rings is 1. The van der Waals surface area contributed by atoms with E-state index in [0.29, 0.717) is 43.6 Å². The van der Waals surface area contributed by atoms with Gasteiger partial charge < -0.3 is 24.4 Å². The normalized spacial score (nSPS) is 21.1. The third-order valence-corrected chi connectivity index (χ3v) is 5.37. The Labute approximate surface area is 160 Å². The smallest absolute Gasteiger partial charge is 0.313 e. The first kappa shape index (κ1) is 19.8. The van der Waals surface area contributed by atoms with E-state index in [-0.39, 0.29) is 6.10 Å². The second-order valence-corrected chi connectivity index (χ2v) is 7.81. The van der Waals surface area contributed by atoms with Crippen LogP contribution in [-0.2, 0) is 19.7 Å². The van der Waals surface area contributed by atoms with E-state index in [4.69, 9.17) is 14.5 Å². The van der Waals surface area contributed by atoms with Crippen LogP contribution in [0.1, 0.15) is 38.7 Å². The van der Waals surface area contributed by atoms with Crippen molar-refractivity contribution in [3.8, 4) is 0 Å². The molecule has 0 amide bonds. The van der Waals surface area contributed by atoms with Gasteiger partial charge in [0, 0.05) is 45.0 Å². The largest absolute Gasteiger partial charge is 0.481 e. The highest BCUT2D eigenvalue weighted by Crippen LogP contribution is 2.32. The molecule has 8 heteroatoms. The minimum absolute atomic E-state index is 0.189. The Morgan fingerprint density at radius 3 is 2.70 bits per heavy atom. The van der Waals surface area contributed by atoms with Crippen LogP contribution < -0.4 is 9.80 Å². The minimum Gasteiger partial charge on any atom is -0.481 e. The average Bonchev–Trinajstić information content (AvgIpc) is 2.68. The van der Waals surface area contributed by atoms with E-state index in [1.807, 2.05) is 11.9 Å². The maximum atomic E-state index is 11.8. The van der Waals surface area contributed by atoms with Crippen LogP contribution in [0.2, 0.25) is 0 Å². The van der Waals surface area contributed by atoms with Crippen LogP contribution in [0.4, 0.5) is 11.8 Å². The second kappa shape index (κ2) is 8.39. The monoisotopic (exact) mass is 378 g/mol. The van der Waals surface area contributed by atoms with Crippen molar-refractivity contribution in [1.29, 1.82) is 0 Å². The lowest BCUT2D eigenvalue weighted by Gasteiger charge is -2.33. The number of carbonyl (C=O) groups is 1. The predicted octanol–water partition coefficient (Wildman–Crippen LogP) is 1.68. The molecular weight excluding hydrogens is 348 g/mol. The zero-order valence-corrected chi connectivity index (χ0v) is 16.5. The third kappa shape index (κ3) is 4.50. The quantitative estimate of drug-likeness (QED) is 0.800. The highest BCUT2D eigenvalue weighted by molar-refractivity contribution is 5.82. The first-order chi connectivity index (χ1) is 12.9. The second-order valence-electron chi connectivity index (χ2n) is 7.81. The van der Waals surface area contributed by atoms with Crippen molar-refractivity contribution in [3.05, 3.63) is 11.8 Å². The van der Waals surface area contributed by atoms with E-state index < -0.39 is 11.4 Å². The van der Waals surface area contributed by atoms with Gasteiger partial charge in [-0.05, 0) is 33.1 Å². The Hall–Kier alpha value is -1.93. The summed E-state index contributed by atoms with van der Waals surface area (Å²) in [6, 6.07) is 0. The summed E-state index contributed by atoms with van der Waals surface area (Å²) in [5.74, 6) is 0.389. The van der Waals surface area contributed by atoms with Gasteiger partial charge in [0.05, 0.1) is 24.7 Å². The molecule has 0 bridgehead atoms. The molecule has 3 rings (SSSR count). The molecule has 0 aliphatic carbocycles. The number of hydrogen-bond acceptors (Lipinski definition) is 7. The van der Waals surface area contributed by atoms with E-state index in [0.717, 1.165) is 26.0 Å². The predicted molar refractivity (Wildman–Crippen MR) is 103 cm³/mol. The van der Waals surface area contributed by atoms with Crippen molar-refractivity contribution in [2.45, 2.75) is 44.6 Å². The van der Waals surface area contributed by atoms with Gasteiger partial charge in [-0.25, -0.2) is 4.98 Å². The minimum atomic E-state index is -1.07. The molecule has 0 aromatic carbocycles. The number of carboxylic acids is 1. The zero-order valence-electron chi connectivity index (χ0n) is 16.5. The van der Waals surface area contributed by atoms with Crippen LogP contribution in [0, 0.1) is 0 Å². The third-order valence-electron chi connectivity index (χ3n) is 5.37. The van der Waals surface area contributed by atoms with E-state index in [2.05, 4.69) is 9.88 Å². The molecule has 1 N–H and O–H groups in total. The highest BCUT2D eigenvalue weighted by Gasteiger charge is 2.35. The number of aliphatic carboxylic acids is 1. The van der Waals surface area contributed by atoms with Gasteiger partial charge in [0.1, 0.15) is 5.82 Å². The summed E-state index contributed by atoms with van der Waals surface area (Å²) < 4.78 is 11.3. The maximum absolute atomic E-state index is 11.8. The molecule has 2 aliphatic rings. The molecule has 150 valence electrons.